The highest BCUT2D eigenvalue weighted by molar-refractivity contribution is 7.09. The summed E-state index contributed by atoms with van der Waals surface area (Å²) in [6.45, 7) is 13.5. The summed E-state index contributed by atoms with van der Waals surface area (Å²) >= 11 is 1.17. The Hall–Kier alpha value is -4.04. The molecule has 13 nitrogen and oxygen atoms in total. The number of aromatic nitrogens is 1. The molecule has 1 aromatic heterocycles. The summed E-state index contributed by atoms with van der Waals surface area (Å²) in [7, 11) is 3.64. The van der Waals surface area contributed by atoms with E-state index in [4.69, 9.17) is 10.5 Å². The normalized spacial score (nSPS) is 19.6. The second kappa shape index (κ2) is 18.6. The predicted octanol–water partition coefficient (Wildman–Crippen LogP) is 4.67. The van der Waals surface area contributed by atoms with Gasteiger partial charge in [-0.25, -0.2) is 4.98 Å². The maximum Gasteiger partial charge on any atom is 0.306 e. The van der Waals surface area contributed by atoms with Crippen molar-refractivity contribution >= 4 is 46.7 Å². The maximum absolute atomic E-state index is 14.2. The van der Waals surface area contributed by atoms with Crippen LogP contribution >= 0.6 is 11.3 Å². The van der Waals surface area contributed by atoms with Crippen molar-refractivity contribution in [2.24, 2.45) is 17.8 Å². The molecule has 0 unspecified atom stereocenters. The molecule has 1 aromatic carbocycles. The number of rotatable bonds is 18. The number of thiazole rings is 1. The molecule has 0 spiro atoms. The summed E-state index contributed by atoms with van der Waals surface area (Å²) in [4.78, 5) is 73.6. The molecule has 52 heavy (non-hydrogen) atoms. The molecule has 288 valence electrons. The van der Waals surface area contributed by atoms with Gasteiger partial charge in [-0.3, -0.25) is 28.9 Å². The molecule has 14 heteroatoms. The van der Waals surface area contributed by atoms with E-state index in [9.17, 15) is 29.1 Å². The number of ether oxygens (including phenoxy) is 1. The van der Waals surface area contributed by atoms with Crippen LogP contribution in [0.25, 0.3) is 0 Å². The molecular formula is C38H58N6O7S. The lowest BCUT2D eigenvalue weighted by atomic mass is 9.91. The summed E-state index contributed by atoms with van der Waals surface area (Å²) < 4.78 is 5.76. The van der Waals surface area contributed by atoms with Crippen LogP contribution in [-0.4, -0.2) is 93.9 Å². The smallest absolute Gasteiger partial charge is 0.306 e. The molecule has 0 aliphatic carbocycles. The Morgan fingerprint density at radius 1 is 1.10 bits per heavy atom. The van der Waals surface area contributed by atoms with Gasteiger partial charge in [-0.1, -0.05) is 53.2 Å². The summed E-state index contributed by atoms with van der Waals surface area (Å²) in [5.41, 5.74) is 6.73. The van der Waals surface area contributed by atoms with Crippen LogP contribution in [0, 0.1) is 17.8 Å². The summed E-state index contributed by atoms with van der Waals surface area (Å²) in [5.74, 6) is -3.27. The Morgan fingerprint density at radius 2 is 1.75 bits per heavy atom. The number of anilines is 1. The van der Waals surface area contributed by atoms with Crippen LogP contribution in [0.5, 0.6) is 0 Å². The molecule has 1 fully saturated rings. The van der Waals surface area contributed by atoms with Gasteiger partial charge in [0.05, 0.1) is 11.5 Å². The van der Waals surface area contributed by atoms with E-state index in [1.54, 1.807) is 36.4 Å². The van der Waals surface area contributed by atoms with Gasteiger partial charge in [0.1, 0.15) is 16.7 Å². The molecule has 1 aliphatic heterocycles. The molecule has 0 radical (unpaired) electrons. The van der Waals surface area contributed by atoms with Crippen molar-refractivity contribution in [1.82, 2.24) is 25.4 Å². The Bertz CT molecular complexity index is 1550. The van der Waals surface area contributed by atoms with Gasteiger partial charge >= 0.3 is 11.9 Å². The second-order valence-electron chi connectivity index (χ2n) is 14.9. The minimum Gasteiger partial charge on any atom is -0.481 e. The van der Waals surface area contributed by atoms with E-state index in [2.05, 4.69) is 15.6 Å². The largest absolute Gasteiger partial charge is 0.481 e. The number of amides is 3. The van der Waals surface area contributed by atoms with Crippen molar-refractivity contribution < 1.29 is 33.8 Å². The van der Waals surface area contributed by atoms with Gasteiger partial charge in [0.2, 0.25) is 11.8 Å². The van der Waals surface area contributed by atoms with Gasteiger partial charge in [-0.15, -0.1) is 11.3 Å². The van der Waals surface area contributed by atoms with E-state index in [1.165, 1.54) is 18.3 Å². The fourth-order valence-corrected chi connectivity index (χ4v) is 7.54. The average Bonchev–Trinajstić information content (AvgIpc) is 3.72. The highest BCUT2D eigenvalue weighted by Crippen LogP contribution is 2.32. The lowest BCUT2D eigenvalue weighted by Gasteiger charge is -2.38. The van der Waals surface area contributed by atoms with Gasteiger partial charge < -0.3 is 31.1 Å². The third-order valence-electron chi connectivity index (χ3n) is 10.5. The fourth-order valence-electron chi connectivity index (χ4n) is 6.70. The van der Waals surface area contributed by atoms with E-state index in [0.29, 0.717) is 30.0 Å². The van der Waals surface area contributed by atoms with Crippen LogP contribution < -0.4 is 16.4 Å². The van der Waals surface area contributed by atoms with Gasteiger partial charge in [-0.2, -0.15) is 0 Å². The molecule has 1 saturated heterocycles. The summed E-state index contributed by atoms with van der Waals surface area (Å²) in [6.07, 6.45) is 2.25. The minimum atomic E-state index is -0.964. The van der Waals surface area contributed by atoms with Gasteiger partial charge in [0.25, 0.3) is 5.91 Å². The first-order valence-electron chi connectivity index (χ1n) is 18.2. The Labute approximate surface area is 312 Å². The zero-order valence-corrected chi connectivity index (χ0v) is 32.9. The van der Waals surface area contributed by atoms with Crippen LogP contribution in [-0.2, 0) is 30.3 Å². The maximum atomic E-state index is 14.2. The molecule has 2 aromatic rings. The minimum absolute atomic E-state index is 0.0631. The van der Waals surface area contributed by atoms with Crippen molar-refractivity contribution in [3.8, 4) is 0 Å². The number of benzene rings is 1. The van der Waals surface area contributed by atoms with Crippen molar-refractivity contribution in [2.75, 3.05) is 26.4 Å². The van der Waals surface area contributed by atoms with Crippen molar-refractivity contribution in [3.05, 3.63) is 45.9 Å². The number of nitrogens with two attached hydrogens (primary N) is 1. The second-order valence-corrected chi connectivity index (χ2v) is 15.8. The first-order chi connectivity index (χ1) is 24.4. The number of carbonyl (C=O) groups is 5. The zero-order valence-electron chi connectivity index (χ0n) is 32.1. The van der Waals surface area contributed by atoms with Crippen LogP contribution in [0.2, 0.25) is 0 Å². The van der Waals surface area contributed by atoms with Crippen molar-refractivity contribution in [1.29, 1.82) is 0 Å². The first-order valence-corrected chi connectivity index (χ1v) is 19.0. The van der Waals surface area contributed by atoms with E-state index in [1.807, 2.05) is 58.7 Å². The number of carboxylic acid groups (broad SMARTS) is 1. The number of esters is 1. The predicted molar refractivity (Wildman–Crippen MR) is 202 cm³/mol. The molecule has 3 amide bonds. The number of hydrogen-bond acceptors (Lipinski definition) is 10. The van der Waals surface area contributed by atoms with Gasteiger partial charge in [-0.05, 0) is 75.7 Å². The highest BCUT2D eigenvalue weighted by atomic mass is 32.1. The number of aliphatic carboxylic acids is 1. The highest BCUT2D eigenvalue weighted by Gasteiger charge is 2.44. The van der Waals surface area contributed by atoms with E-state index in [-0.39, 0.29) is 42.2 Å². The molecule has 5 N–H and O–H groups in total. The number of nitrogens with zero attached hydrogens (tertiary/aromatic N) is 3. The SMILES string of the molecule is CC[C@H](C)[C@H](NC(=O)[C@@]1(C)CCCN1C)C(=O)N(C)[C@H](C[C@@H](OC(C)=O)c1nc(C(=O)N[C@@H](Cc2ccc(N)cc2)C[C@H](C)C(=O)O)cs1)C(C)C. The Balaban J connectivity index is 1.83. The van der Waals surface area contributed by atoms with Crippen LogP contribution in [0.3, 0.4) is 0 Å². The standard InChI is InChI=1S/C38H58N6O7S/c1-10-23(4)32(42-37(50)38(7)16-11-17-43(38)8)35(47)44(9)30(22(2)3)20-31(51-25(6)45)34-41-29(21-52-34)33(46)40-28(18-24(5)36(48)49)19-26-12-14-27(39)15-13-26/h12-15,21-24,28,30-32H,10-11,16-20,39H2,1-9H3,(H,40,46)(H,42,50)(H,48,49)/t23-,24-,28+,30+,31+,32-,38+/m0/s1. The molecule has 1 aliphatic rings. The molecule has 2 heterocycles. The lowest BCUT2D eigenvalue weighted by molar-refractivity contribution is -0.149. The lowest BCUT2D eigenvalue weighted by Crippen LogP contribution is -2.60. The number of nitrogen functional groups attached to an aromatic ring is 1. The molecule has 3 rings (SSSR count). The molecular weight excluding hydrogens is 685 g/mol. The third kappa shape index (κ3) is 11.0. The number of hydrogen-bond donors (Lipinski definition) is 4. The number of carbonyl (C=O) groups excluding carboxylic acids is 4. The monoisotopic (exact) mass is 742 g/mol. The fraction of sp³-hybridized carbons (Fsp3) is 0.632. The summed E-state index contributed by atoms with van der Waals surface area (Å²) in [5, 5.41) is 17.6. The van der Waals surface area contributed by atoms with Crippen molar-refractivity contribution in [2.45, 2.75) is 117 Å². The number of carboxylic acids is 1. The van der Waals surface area contributed by atoms with Gasteiger partial charge in [0, 0.05) is 43.5 Å². The molecule has 7 atom stereocenters. The van der Waals surface area contributed by atoms with E-state index < -0.39 is 53.5 Å². The van der Waals surface area contributed by atoms with E-state index >= 15 is 0 Å². The topological polar surface area (TPSA) is 184 Å². The average molecular weight is 743 g/mol. The Morgan fingerprint density at radius 3 is 2.29 bits per heavy atom. The van der Waals surface area contributed by atoms with Crippen LogP contribution in [0.1, 0.15) is 108 Å². The zero-order chi connectivity index (χ0) is 38.9. The van der Waals surface area contributed by atoms with Gasteiger partial charge in [0.15, 0.2) is 6.10 Å². The molecule has 0 bridgehead atoms. The van der Waals surface area contributed by atoms with E-state index in [0.717, 1.165) is 18.5 Å². The number of likely N-dealkylation sites (N-methyl/N-ethyl adjacent to an activating group) is 2. The molecule has 0 saturated carbocycles. The quantitative estimate of drug-likeness (QED) is 0.124. The third-order valence-corrected chi connectivity index (χ3v) is 11.5. The van der Waals surface area contributed by atoms with Crippen molar-refractivity contribution in [3.63, 3.8) is 0 Å². The Kier molecular flexibility index (Phi) is 15.2. The van der Waals surface area contributed by atoms with Crippen LogP contribution in [0.15, 0.2) is 29.6 Å². The van der Waals surface area contributed by atoms with Crippen LogP contribution in [0.4, 0.5) is 5.69 Å². The number of nitrogens with one attached hydrogen (secondary N) is 2. The summed E-state index contributed by atoms with van der Waals surface area (Å²) in [6, 6.07) is 5.52. The first kappa shape index (κ1) is 42.4. The number of likely N-dealkylation sites (tertiary alicyclic amines) is 1.